The minimum Gasteiger partial charge on any atom is -0.466 e. The van der Waals surface area contributed by atoms with Gasteiger partial charge >= 0.3 is 5.97 Å². The van der Waals surface area contributed by atoms with Crippen molar-refractivity contribution in [2.75, 3.05) is 12.3 Å². The molecule has 4 heteroatoms. The second-order valence-electron chi connectivity index (χ2n) is 3.34. The molecule has 0 aliphatic rings. The van der Waals surface area contributed by atoms with E-state index < -0.39 is 0 Å². The maximum atomic E-state index is 11.1. The Labute approximate surface area is 94.6 Å². The molecule has 4 nitrogen and oxygen atoms in total. The Hall–Kier alpha value is -2.02. The molecule has 0 bridgehead atoms. The summed E-state index contributed by atoms with van der Waals surface area (Å²) in [4.78, 5) is 11.1. The highest BCUT2D eigenvalue weighted by Crippen LogP contribution is 2.14. The van der Waals surface area contributed by atoms with E-state index >= 15 is 0 Å². The van der Waals surface area contributed by atoms with Crippen molar-refractivity contribution in [3.05, 3.63) is 29.3 Å². The second kappa shape index (κ2) is 5.76. The monoisotopic (exact) mass is 218 g/mol. The molecule has 1 aromatic rings. The van der Waals surface area contributed by atoms with E-state index in [1.54, 1.807) is 19.1 Å². The molecule has 0 saturated carbocycles. The van der Waals surface area contributed by atoms with Gasteiger partial charge in [0.2, 0.25) is 0 Å². The number of anilines is 1. The molecular formula is C12H14N2O2. The van der Waals surface area contributed by atoms with Gasteiger partial charge in [-0.2, -0.15) is 5.26 Å². The van der Waals surface area contributed by atoms with E-state index in [4.69, 9.17) is 15.7 Å². The van der Waals surface area contributed by atoms with Crippen molar-refractivity contribution < 1.29 is 9.53 Å². The maximum absolute atomic E-state index is 11.1. The van der Waals surface area contributed by atoms with Crippen LogP contribution >= 0.6 is 0 Å². The first kappa shape index (κ1) is 12.1. The SMILES string of the molecule is CCOC(=O)CCc1ccc(N)c(C#N)c1. The molecule has 84 valence electrons. The molecule has 1 rings (SSSR count). The van der Waals surface area contributed by atoms with Crippen LogP contribution in [0.2, 0.25) is 0 Å². The molecular weight excluding hydrogens is 204 g/mol. The zero-order valence-corrected chi connectivity index (χ0v) is 9.19. The van der Waals surface area contributed by atoms with Crippen LogP contribution in [0.15, 0.2) is 18.2 Å². The third-order valence-electron chi connectivity index (χ3n) is 2.16. The lowest BCUT2D eigenvalue weighted by atomic mass is 10.1. The summed E-state index contributed by atoms with van der Waals surface area (Å²) < 4.78 is 4.82. The summed E-state index contributed by atoms with van der Waals surface area (Å²) in [5.41, 5.74) is 7.41. The number of hydrogen-bond donors (Lipinski definition) is 1. The predicted molar refractivity (Wildman–Crippen MR) is 60.5 cm³/mol. The molecule has 0 fully saturated rings. The number of aryl methyl sites for hydroxylation is 1. The highest BCUT2D eigenvalue weighted by atomic mass is 16.5. The predicted octanol–water partition coefficient (Wildman–Crippen LogP) is 1.64. The van der Waals surface area contributed by atoms with Crippen molar-refractivity contribution in [3.8, 4) is 6.07 Å². The van der Waals surface area contributed by atoms with Gasteiger partial charge < -0.3 is 10.5 Å². The third-order valence-corrected chi connectivity index (χ3v) is 2.16. The number of nitrogen functional groups attached to an aromatic ring is 1. The lowest BCUT2D eigenvalue weighted by molar-refractivity contribution is -0.143. The highest BCUT2D eigenvalue weighted by molar-refractivity contribution is 5.69. The minimum atomic E-state index is -0.224. The Kier molecular flexibility index (Phi) is 4.34. The van der Waals surface area contributed by atoms with Crippen molar-refractivity contribution >= 4 is 11.7 Å². The normalized spacial score (nSPS) is 9.50. The molecule has 0 unspecified atom stereocenters. The van der Waals surface area contributed by atoms with E-state index in [1.165, 1.54) is 0 Å². The number of esters is 1. The zero-order valence-electron chi connectivity index (χ0n) is 9.19. The number of nitrogens with two attached hydrogens (primary N) is 1. The minimum absolute atomic E-state index is 0.224. The highest BCUT2D eigenvalue weighted by Gasteiger charge is 2.04. The van der Waals surface area contributed by atoms with E-state index in [0.717, 1.165) is 5.56 Å². The smallest absolute Gasteiger partial charge is 0.306 e. The van der Waals surface area contributed by atoms with Crippen molar-refractivity contribution in [2.45, 2.75) is 19.8 Å². The van der Waals surface area contributed by atoms with Crippen molar-refractivity contribution in [2.24, 2.45) is 0 Å². The van der Waals surface area contributed by atoms with Gasteiger partial charge in [0, 0.05) is 12.1 Å². The molecule has 0 radical (unpaired) electrons. The number of hydrogen-bond acceptors (Lipinski definition) is 4. The van der Waals surface area contributed by atoms with E-state index in [2.05, 4.69) is 0 Å². The zero-order chi connectivity index (χ0) is 12.0. The number of nitrogens with zero attached hydrogens (tertiary/aromatic N) is 1. The van der Waals surface area contributed by atoms with Gasteiger partial charge in [-0.3, -0.25) is 4.79 Å². The Balaban J connectivity index is 2.62. The fraction of sp³-hybridized carbons (Fsp3) is 0.333. The maximum Gasteiger partial charge on any atom is 0.306 e. The van der Waals surface area contributed by atoms with Crippen molar-refractivity contribution in [1.82, 2.24) is 0 Å². The average molecular weight is 218 g/mol. The first-order chi connectivity index (χ1) is 7.67. The van der Waals surface area contributed by atoms with Crippen LogP contribution in [0.25, 0.3) is 0 Å². The van der Waals surface area contributed by atoms with Crippen LogP contribution in [0.1, 0.15) is 24.5 Å². The summed E-state index contributed by atoms with van der Waals surface area (Å²) in [6.07, 6.45) is 0.885. The second-order valence-corrected chi connectivity index (χ2v) is 3.34. The van der Waals surface area contributed by atoms with Gasteiger partial charge in [-0.25, -0.2) is 0 Å². The molecule has 2 N–H and O–H groups in total. The lowest BCUT2D eigenvalue weighted by Gasteiger charge is -2.04. The van der Waals surface area contributed by atoms with E-state index in [0.29, 0.717) is 30.7 Å². The summed E-state index contributed by atoms with van der Waals surface area (Å²) in [7, 11) is 0. The first-order valence-corrected chi connectivity index (χ1v) is 5.11. The third kappa shape index (κ3) is 3.28. The van der Waals surface area contributed by atoms with Gasteiger partial charge in [-0.05, 0) is 31.0 Å². The van der Waals surface area contributed by atoms with Crippen LogP contribution in [0.4, 0.5) is 5.69 Å². The number of ether oxygens (including phenoxy) is 1. The average Bonchev–Trinajstić information content (AvgIpc) is 2.28. The van der Waals surface area contributed by atoms with Crippen LogP contribution in [0.5, 0.6) is 0 Å². The molecule has 16 heavy (non-hydrogen) atoms. The van der Waals surface area contributed by atoms with Gasteiger partial charge in [0.25, 0.3) is 0 Å². The Morgan fingerprint density at radius 1 is 1.56 bits per heavy atom. The summed E-state index contributed by atoms with van der Waals surface area (Å²) in [5.74, 6) is -0.224. The first-order valence-electron chi connectivity index (χ1n) is 5.11. The Morgan fingerprint density at radius 2 is 2.31 bits per heavy atom. The van der Waals surface area contributed by atoms with Crippen LogP contribution < -0.4 is 5.73 Å². The summed E-state index contributed by atoms with van der Waals surface area (Å²) in [6.45, 7) is 2.17. The van der Waals surface area contributed by atoms with Crippen LogP contribution in [0, 0.1) is 11.3 Å². The van der Waals surface area contributed by atoms with E-state index in [9.17, 15) is 4.79 Å². The van der Waals surface area contributed by atoms with Gasteiger partial charge in [0.1, 0.15) is 6.07 Å². The van der Waals surface area contributed by atoms with Crippen molar-refractivity contribution in [3.63, 3.8) is 0 Å². The van der Waals surface area contributed by atoms with E-state index in [-0.39, 0.29) is 5.97 Å². The molecule has 0 aliphatic carbocycles. The summed E-state index contributed by atoms with van der Waals surface area (Å²) in [5, 5.41) is 8.78. The number of nitriles is 1. The molecule has 0 aliphatic heterocycles. The van der Waals surface area contributed by atoms with Crippen LogP contribution in [0.3, 0.4) is 0 Å². The molecule has 0 heterocycles. The number of carbonyl (C=O) groups is 1. The quantitative estimate of drug-likeness (QED) is 0.615. The molecule has 0 atom stereocenters. The van der Waals surface area contributed by atoms with E-state index in [1.807, 2.05) is 12.1 Å². The number of carbonyl (C=O) groups excluding carboxylic acids is 1. The lowest BCUT2D eigenvalue weighted by Crippen LogP contribution is -2.05. The van der Waals surface area contributed by atoms with Gasteiger partial charge in [-0.15, -0.1) is 0 Å². The number of benzene rings is 1. The van der Waals surface area contributed by atoms with Crippen molar-refractivity contribution in [1.29, 1.82) is 5.26 Å². The Bertz CT molecular complexity index is 422. The molecule has 0 saturated heterocycles. The summed E-state index contributed by atoms with van der Waals surface area (Å²) in [6, 6.07) is 7.20. The standard InChI is InChI=1S/C12H14N2O2/c1-2-16-12(15)6-4-9-3-5-11(14)10(7-9)8-13/h3,5,7H,2,4,6,14H2,1H3. The van der Waals surface area contributed by atoms with Gasteiger partial charge in [0.15, 0.2) is 0 Å². The van der Waals surface area contributed by atoms with Gasteiger partial charge in [-0.1, -0.05) is 6.07 Å². The number of rotatable bonds is 4. The molecule has 0 spiro atoms. The van der Waals surface area contributed by atoms with Gasteiger partial charge in [0.05, 0.1) is 12.2 Å². The molecule has 0 amide bonds. The molecule has 0 aromatic heterocycles. The topological polar surface area (TPSA) is 76.1 Å². The Morgan fingerprint density at radius 3 is 2.94 bits per heavy atom. The fourth-order valence-corrected chi connectivity index (χ4v) is 1.34. The molecule has 1 aromatic carbocycles. The summed E-state index contributed by atoms with van der Waals surface area (Å²) >= 11 is 0. The largest absolute Gasteiger partial charge is 0.466 e. The van der Waals surface area contributed by atoms with Crippen LogP contribution in [-0.2, 0) is 16.0 Å². The fourth-order valence-electron chi connectivity index (χ4n) is 1.34. The van der Waals surface area contributed by atoms with Crippen LogP contribution in [-0.4, -0.2) is 12.6 Å².